The number of nitrogens with two attached hydrogens (primary N) is 2. The van der Waals surface area contributed by atoms with Gasteiger partial charge in [0.25, 0.3) is 0 Å². The molecule has 0 heterocycles. The van der Waals surface area contributed by atoms with E-state index in [0.717, 1.165) is 6.42 Å². The van der Waals surface area contributed by atoms with Crippen LogP contribution >= 0.6 is 0 Å². The highest BCUT2D eigenvalue weighted by Gasteiger charge is 2.31. The van der Waals surface area contributed by atoms with Gasteiger partial charge in [0.05, 0.1) is 18.7 Å². The first-order chi connectivity index (χ1) is 13.5. The van der Waals surface area contributed by atoms with Crippen LogP contribution in [-0.2, 0) is 19.2 Å². The number of carbonyl (C=O) groups is 4. The number of carbonyl (C=O) groups excluding carboxylic acids is 3. The lowest BCUT2D eigenvalue weighted by Gasteiger charge is -2.26. The fraction of sp³-hybridized carbons (Fsp3) is 0.778. The number of aliphatic hydroxyl groups excluding tert-OH is 1. The second-order valence-corrected chi connectivity index (χ2v) is 7.10. The summed E-state index contributed by atoms with van der Waals surface area (Å²) in [5.41, 5.74) is 11.1. The molecule has 0 saturated carbocycles. The molecule has 0 aromatic heterocycles. The van der Waals surface area contributed by atoms with Crippen molar-refractivity contribution in [2.24, 2.45) is 17.4 Å². The summed E-state index contributed by atoms with van der Waals surface area (Å²) in [4.78, 5) is 47.8. The number of aliphatic carboxylic acids is 1. The van der Waals surface area contributed by atoms with Crippen LogP contribution in [0.2, 0.25) is 0 Å². The molecule has 3 amide bonds. The standard InChI is InChI=1S/C18H35N5O6/c1-4-10(2)14(17(27)23-15(11(3)24)18(28)29)22-13(25)9-21-16(26)12(20)7-5-6-8-19/h10-12,14-15,24H,4-9,19-20H2,1-3H3,(H,21,26)(H,22,25)(H,23,27)(H,28,29). The third kappa shape index (κ3) is 10.2. The first-order valence-corrected chi connectivity index (χ1v) is 9.79. The maximum absolute atomic E-state index is 12.5. The second kappa shape index (κ2) is 13.9. The average molecular weight is 418 g/mol. The molecule has 0 fully saturated rings. The molecule has 0 bridgehead atoms. The van der Waals surface area contributed by atoms with E-state index in [1.54, 1.807) is 6.92 Å². The molecule has 0 aliphatic heterocycles. The van der Waals surface area contributed by atoms with Gasteiger partial charge in [-0.25, -0.2) is 4.79 Å². The Morgan fingerprint density at radius 3 is 2.10 bits per heavy atom. The van der Waals surface area contributed by atoms with Crippen molar-refractivity contribution in [1.82, 2.24) is 16.0 Å². The lowest BCUT2D eigenvalue weighted by molar-refractivity contribution is -0.145. The van der Waals surface area contributed by atoms with Crippen molar-refractivity contribution < 1.29 is 29.4 Å². The van der Waals surface area contributed by atoms with E-state index in [4.69, 9.17) is 16.6 Å². The van der Waals surface area contributed by atoms with Crippen molar-refractivity contribution in [2.75, 3.05) is 13.1 Å². The van der Waals surface area contributed by atoms with Gasteiger partial charge in [0.15, 0.2) is 6.04 Å². The molecule has 11 heteroatoms. The Bertz CT molecular complexity index is 557. The van der Waals surface area contributed by atoms with Crippen LogP contribution in [0.4, 0.5) is 0 Å². The Morgan fingerprint density at radius 1 is 1.00 bits per heavy atom. The van der Waals surface area contributed by atoms with Gasteiger partial charge >= 0.3 is 5.97 Å². The summed E-state index contributed by atoms with van der Waals surface area (Å²) < 4.78 is 0. The molecular weight excluding hydrogens is 382 g/mol. The van der Waals surface area contributed by atoms with Crippen molar-refractivity contribution in [3.8, 4) is 0 Å². The summed E-state index contributed by atoms with van der Waals surface area (Å²) in [6.45, 7) is 4.90. The van der Waals surface area contributed by atoms with E-state index >= 15 is 0 Å². The molecule has 0 saturated heterocycles. The van der Waals surface area contributed by atoms with E-state index in [0.29, 0.717) is 25.8 Å². The van der Waals surface area contributed by atoms with E-state index in [1.807, 2.05) is 6.92 Å². The molecule has 0 rings (SSSR count). The van der Waals surface area contributed by atoms with Crippen LogP contribution in [-0.4, -0.2) is 71.2 Å². The van der Waals surface area contributed by atoms with E-state index in [9.17, 15) is 24.3 Å². The van der Waals surface area contributed by atoms with Crippen LogP contribution < -0.4 is 27.4 Å². The number of hydrogen-bond donors (Lipinski definition) is 7. The van der Waals surface area contributed by atoms with Gasteiger partial charge in [0.1, 0.15) is 6.04 Å². The number of unbranched alkanes of at least 4 members (excludes halogenated alkanes) is 1. The van der Waals surface area contributed by atoms with Crippen LogP contribution in [0.5, 0.6) is 0 Å². The van der Waals surface area contributed by atoms with Gasteiger partial charge in [0, 0.05) is 0 Å². The largest absolute Gasteiger partial charge is 0.480 e. The van der Waals surface area contributed by atoms with Gasteiger partial charge in [-0.3, -0.25) is 14.4 Å². The predicted molar refractivity (Wildman–Crippen MR) is 107 cm³/mol. The zero-order valence-electron chi connectivity index (χ0n) is 17.3. The normalized spacial score (nSPS) is 16.1. The molecule has 9 N–H and O–H groups in total. The van der Waals surface area contributed by atoms with E-state index in [1.165, 1.54) is 6.92 Å². The van der Waals surface area contributed by atoms with Crippen LogP contribution in [0, 0.1) is 5.92 Å². The van der Waals surface area contributed by atoms with Crippen molar-refractivity contribution in [1.29, 1.82) is 0 Å². The summed E-state index contributed by atoms with van der Waals surface area (Å²) in [6, 6.07) is -3.29. The summed E-state index contributed by atoms with van der Waals surface area (Å²) >= 11 is 0. The Labute approximate surface area is 171 Å². The molecule has 0 aliphatic rings. The lowest BCUT2D eigenvalue weighted by Crippen LogP contribution is -2.57. The smallest absolute Gasteiger partial charge is 0.328 e. The molecule has 168 valence electrons. The minimum atomic E-state index is -1.50. The zero-order chi connectivity index (χ0) is 22.6. The highest BCUT2D eigenvalue weighted by molar-refractivity contribution is 5.92. The number of carboxylic acids is 1. The maximum Gasteiger partial charge on any atom is 0.328 e. The van der Waals surface area contributed by atoms with Gasteiger partial charge in [-0.2, -0.15) is 0 Å². The molecule has 0 radical (unpaired) electrons. The van der Waals surface area contributed by atoms with E-state index < -0.39 is 47.9 Å². The SMILES string of the molecule is CCC(C)C(NC(=O)CNC(=O)C(N)CCCCN)C(=O)NC(C(=O)O)C(C)O. The Balaban J connectivity index is 4.81. The van der Waals surface area contributed by atoms with Gasteiger partial charge in [-0.05, 0) is 32.2 Å². The average Bonchev–Trinajstić information content (AvgIpc) is 2.66. The molecule has 0 aromatic carbocycles. The lowest BCUT2D eigenvalue weighted by atomic mass is 9.97. The Morgan fingerprint density at radius 2 is 1.62 bits per heavy atom. The molecule has 0 spiro atoms. The van der Waals surface area contributed by atoms with Gasteiger partial charge in [-0.15, -0.1) is 0 Å². The summed E-state index contributed by atoms with van der Waals surface area (Å²) in [7, 11) is 0. The maximum atomic E-state index is 12.5. The van der Waals surface area contributed by atoms with Gasteiger partial charge < -0.3 is 37.6 Å². The monoisotopic (exact) mass is 417 g/mol. The number of hydrogen-bond acceptors (Lipinski definition) is 7. The van der Waals surface area contributed by atoms with E-state index in [-0.39, 0.29) is 12.5 Å². The molecule has 0 aromatic rings. The Kier molecular flexibility index (Phi) is 12.8. The molecule has 5 unspecified atom stereocenters. The first-order valence-electron chi connectivity index (χ1n) is 9.79. The predicted octanol–water partition coefficient (Wildman–Crippen LogP) is -1.96. The summed E-state index contributed by atoms with van der Waals surface area (Å²) in [5.74, 6) is -3.53. The molecular formula is C18H35N5O6. The fourth-order valence-electron chi connectivity index (χ4n) is 2.50. The highest BCUT2D eigenvalue weighted by Crippen LogP contribution is 2.09. The summed E-state index contributed by atoms with van der Waals surface area (Å²) in [5, 5.41) is 25.8. The highest BCUT2D eigenvalue weighted by atomic mass is 16.4. The van der Waals surface area contributed by atoms with Crippen LogP contribution in [0.15, 0.2) is 0 Å². The van der Waals surface area contributed by atoms with Crippen LogP contribution in [0.3, 0.4) is 0 Å². The number of aliphatic hydroxyl groups is 1. The second-order valence-electron chi connectivity index (χ2n) is 7.10. The first kappa shape index (κ1) is 26.8. The fourth-order valence-corrected chi connectivity index (χ4v) is 2.50. The zero-order valence-corrected chi connectivity index (χ0v) is 17.3. The topological polar surface area (TPSA) is 197 Å². The number of carboxylic acid groups (broad SMARTS) is 1. The minimum Gasteiger partial charge on any atom is -0.480 e. The third-order valence-electron chi connectivity index (χ3n) is 4.59. The van der Waals surface area contributed by atoms with Gasteiger partial charge in [0.2, 0.25) is 17.7 Å². The minimum absolute atomic E-state index is 0.309. The number of rotatable bonds is 14. The van der Waals surface area contributed by atoms with Crippen molar-refractivity contribution >= 4 is 23.7 Å². The molecule has 11 nitrogen and oxygen atoms in total. The number of amides is 3. The molecule has 29 heavy (non-hydrogen) atoms. The van der Waals surface area contributed by atoms with Crippen LogP contribution in [0.25, 0.3) is 0 Å². The van der Waals surface area contributed by atoms with Crippen molar-refractivity contribution in [2.45, 2.75) is 70.7 Å². The van der Waals surface area contributed by atoms with E-state index in [2.05, 4.69) is 16.0 Å². The van der Waals surface area contributed by atoms with Crippen LogP contribution in [0.1, 0.15) is 46.5 Å². The number of nitrogens with one attached hydrogen (secondary N) is 3. The van der Waals surface area contributed by atoms with Gasteiger partial charge in [-0.1, -0.05) is 26.7 Å². The summed E-state index contributed by atoms with van der Waals surface area (Å²) in [6.07, 6.45) is 1.10. The molecule has 0 aliphatic carbocycles. The quantitative estimate of drug-likeness (QED) is 0.158. The molecule has 5 atom stereocenters. The third-order valence-corrected chi connectivity index (χ3v) is 4.59. The Hall–Kier alpha value is -2.24. The van der Waals surface area contributed by atoms with Crippen molar-refractivity contribution in [3.05, 3.63) is 0 Å². The van der Waals surface area contributed by atoms with Crippen molar-refractivity contribution in [3.63, 3.8) is 0 Å².